The second-order valence-electron chi connectivity index (χ2n) is 6.27. The molecule has 0 spiro atoms. The molecule has 1 aliphatic rings. The molecule has 0 fully saturated rings. The van der Waals surface area contributed by atoms with E-state index in [0.717, 1.165) is 36.8 Å². The third kappa shape index (κ3) is 4.47. The Balaban J connectivity index is 1.60. The lowest BCUT2D eigenvalue weighted by Gasteiger charge is -2.11. The molecule has 2 amide bonds. The minimum absolute atomic E-state index is 0.159. The lowest BCUT2D eigenvalue weighted by atomic mass is 9.95. The van der Waals surface area contributed by atoms with Crippen LogP contribution in [0.15, 0.2) is 30.3 Å². The van der Waals surface area contributed by atoms with Gasteiger partial charge in [-0.2, -0.15) is 0 Å². The molecule has 0 radical (unpaired) electrons. The molecule has 4 N–H and O–H groups in total. The Morgan fingerprint density at radius 3 is 2.62 bits per heavy atom. The smallest absolute Gasteiger partial charge is 0.251 e. The molecule has 1 aromatic carbocycles. The Morgan fingerprint density at radius 2 is 1.88 bits per heavy atom. The molecule has 0 saturated carbocycles. The summed E-state index contributed by atoms with van der Waals surface area (Å²) in [6.45, 7) is 0. The summed E-state index contributed by atoms with van der Waals surface area (Å²) in [5.41, 5.74) is 8.23. The maximum atomic E-state index is 12.1. The summed E-state index contributed by atoms with van der Waals surface area (Å²) in [4.78, 5) is 25.2. The second kappa shape index (κ2) is 8.42. The molecular formula is C19H21N3O2S2. The van der Waals surface area contributed by atoms with Crippen molar-refractivity contribution in [3.63, 3.8) is 0 Å². The Morgan fingerprint density at radius 1 is 1.15 bits per heavy atom. The summed E-state index contributed by atoms with van der Waals surface area (Å²) < 4.78 is 0. The highest BCUT2D eigenvalue weighted by Crippen LogP contribution is 2.37. The number of thiocarbonyl (C=S) groups is 1. The number of carbonyl (C=O) groups is 2. The first kappa shape index (κ1) is 18.5. The number of benzene rings is 1. The van der Waals surface area contributed by atoms with E-state index in [9.17, 15) is 9.59 Å². The van der Waals surface area contributed by atoms with Crippen molar-refractivity contribution in [2.45, 2.75) is 38.5 Å². The number of nitrogens with one attached hydrogen (secondary N) is 2. The zero-order valence-corrected chi connectivity index (χ0v) is 16.0. The summed E-state index contributed by atoms with van der Waals surface area (Å²) in [5, 5.41) is 6.51. The van der Waals surface area contributed by atoms with Gasteiger partial charge in [0.25, 0.3) is 5.91 Å². The van der Waals surface area contributed by atoms with Crippen LogP contribution in [0, 0.1) is 0 Å². The molecule has 1 aliphatic carbocycles. The maximum absolute atomic E-state index is 12.1. The second-order valence-corrected chi connectivity index (χ2v) is 7.78. The number of amides is 2. The highest BCUT2D eigenvalue weighted by atomic mass is 32.1. The zero-order chi connectivity index (χ0) is 18.5. The molecule has 1 heterocycles. The monoisotopic (exact) mass is 387 g/mol. The number of fused-ring (bicyclic) bond motifs is 1. The first-order valence-electron chi connectivity index (χ1n) is 8.63. The van der Waals surface area contributed by atoms with Crippen molar-refractivity contribution in [3.05, 3.63) is 51.9 Å². The number of aryl methyl sites for hydroxylation is 2. The average molecular weight is 388 g/mol. The van der Waals surface area contributed by atoms with Crippen LogP contribution in [0.3, 0.4) is 0 Å². The van der Waals surface area contributed by atoms with Gasteiger partial charge in [0, 0.05) is 11.3 Å². The lowest BCUT2D eigenvalue weighted by Crippen LogP contribution is -2.34. The standard InChI is InChI=1S/C19H21N3O2S2/c20-17(24)16-13-8-4-5-9-14(13)26-18(16)22-19(25)21-15(23)11-10-12-6-2-1-3-7-12/h1-3,6-7H,4-5,8-11H2,(H2,20,24)(H2,21,22,23,25). The van der Waals surface area contributed by atoms with E-state index in [4.69, 9.17) is 18.0 Å². The topological polar surface area (TPSA) is 84.2 Å². The SMILES string of the molecule is NC(=O)c1c(NC(=S)NC(=O)CCc2ccccc2)sc2c1CCCC2. The number of carbonyl (C=O) groups excluding carboxylic acids is 2. The maximum Gasteiger partial charge on any atom is 0.251 e. The van der Waals surface area contributed by atoms with Gasteiger partial charge in [-0.15, -0.1) is 11.3 Å². The third-order valence-electron chi connectivity index (χ3n) is 4.38. The van der Waals surface area contributed by atoms with Crippen LogP contribution in [0.2, 0.25) is 0 Å². The van der Waals surface area contributed by atoms with Gasteiger partial charge in [-0.1, -0.05) is 30.3 Å². The van der Waals surface area contributed by atoms with Gasteiger partial charge in [0.05, 0.1) is 5.56 Å². The molecular weight excluding hydrogens is 366 g/mol. The Kier molecular flexibility index (Phi) is 6.00. The molecule has 26 heavy (non-hydrogen) atoms. The summed E-state index contributed by atoms with van der Waals surface area (Å²) >= 11 is 6.75. The first-order valence-corrected chi connectivity index (χ1v) is 9.86. The molecule has 0 aliphatic heterocycles. The number of hydrogen-bond acceptors (Lipinski definition) is 4. The predicted molar refractivity (Wildman–Crippen MR) is 109 cm³/mol. The van der Waals surface area contributed by atoms with Gasteiger partial charge in [-0.05, 0) is 55.4 Å². The molecule has 1 aromatic heterocycles. The number of thiophene rings is 1. The van der Waals surface area contributed by atoms with E-state index >= 15 is 0 Å². The Labute approximate surface area is 162 Å². The van der Waals surface area contributed by atoms with Crippen molar-refractivity contribution in [1.82, 2.24) is 5.32 Å². The summed E-state index contributed by atoms with van der Waals surface area (Å²) in [5.74, 6) is -0.613. The highest BCUT2D eigenvalue weighted by Gasteiger charge is 2.24. The Hall–Kier alpha value is -2.25. The van der Waals surface area contributed by atoms with Crippen LogP contribution in [0.25, 0.3) is 0 Å². The minimum atomic E-state index is -0.454. The van der Waals surface area contributed by atoms with Crippen LogP contribution in [0.1, 0.15) is 45.6 Å². The van der Waals surface area contributed by atoms with Crippen LogP contribution in [-0.2, 0) is 24.1 Å². The van der Waals surface area contributed by atoms with E-state index < -0.39 is 5.91 Å². The van der Waals surface area contributed by atoms with Gasteiger partial charge in [-0.25, -0.2) is 0 Å². The van der Waals surface area contributed by atoms with Gasteiger partial charge >= 0.3 is 0 Å². The normalized spacial score (nSPS) is 12.9. The number of anilines is 1. The molecule has 7 heteroatoms. The van der Waals surface area contributed by atoms with E-state index in [2.05, 4.69) is 10.6 Å². The minimum Gasteiger partial charge on any atom is -0.365 e. The molecule has 5 nitrogen and oxygen atoms in total. The molecule has 0 saturated heterocycles. The fraction of sp³-hybridized carbons (Fsp3) is 0.316. The quantitative estimate of drug-likeness (QED) is 0.688. The molecule has 0 atom stereocenters. The third-order valence-corrected chi connectivity index (χ3v) is 5.79. The summed E-state index contributed by atoms with van der Waals surface area (Å²) in [6, 6.07) is 9.81. The highest BCUT2D eigenvalue weighted by molar-refractivity contribution is 7.80. The van der Waals surface area contributed by atoms with E-state index in [0.29, 0.717) is 23.4 Å². The van der Waals surface area contributed by atoms with Gasteiger partial charge in [-0.3, -0.25) is 9.59 Å². The Bertz CT molecular complexity index is 831. The largest absolute Gasteiger partial charge is 0.365 e. The first-order chi connectivity index (χ1) is 12.5. The lowest BCUT2D eigenvalue weighted by molar-refractivity contribution is -0.119. The number of primary amides is 1. The van der Waals surface area contributed by atoms with Crippen LogP contribution in [-0.4, -0.2) is 16.9 Å². The summed E-state index contributed by atoms with van der Waals surface area (Å²) in [6.07, 6.45) is 4.99. The van der Waals surface area contributed by atoms with Gasteiger partial charge in [0.2, 0.25) is 5.91 Å². The zero-order valence-electron chi connectivity index (χ0n) is 14.3. The van der Waals surface area contributed by atoms with E-state index in [1.54, 1.807) is 0 Å². The van der Waals surface area contributed by atoms with Crippen LogP contribution in [0.5, 0.6) is 0 Å². The van der Waals surface area contributed by atoms with E-state index in [-0.39, 0.29) is 11.0 Å². The molecule has 2 aromatic rings. The molecule has 136 valence electrons. The number of hydrogen-bond donors (Lipinski definition) is 3. The fourth-order valence-corrected chi connectivity index (χ4v) is 4.72. The number of rotatable bonds is 5. The van der Waals surface area contributed by atoms with Crippen molar-refractivity contribution >= 4 is 45.5 Å². The average Bonchev–Trinajstić information content (AvgIpc) is 2.98. The van der Waals surface area contributed by atoms with Crippen LogP contribution < -0.4 is 16.4 Å². The van der Waals surface area contributed by atoms with Crippen molar-refractivity contribution < 1.29 is 9.59 Å². The molecule has 0 unspecified atom stereocenters. The van der Waals surface area contributed by atoms with Gasteiger partial charge < -0.3 is 16.4 Å². The molecule has 0 bridgehead atoms. The van der Waals surface area contributed by atoms with Crippen LogP contribution in [0.4, 0.5) is 5.00 Å². The molecule has 3 rings (SSSR count). The van der Waals surface area contributed by atoms with Crippen molar-refractivity contribution in [2.24, 2.45) is 5.73 Å². The van der Waals surface area contributed by atoms with E-state index in [1.807, 2.05) is 30.3 Å². The van der Waals surface area contributed by atoms with E-state index in [1.165, 1.54) is 16.2 Å². The predicted octanol–water partition coefficient (Wildman–Crippen LogP) is 3.17. The fourth-order valence-electron chi connectivity index (χ4n) is 3.14. The summed E-state index contributed by atoms with van der Waals surface area (Å²) in [7, 11) is 0. The van der Waals surface area contributed by atoms with Gasteiger partial charge in [0.1, 0.15) is 5.00 Å². The van der Waals surface area contributed by atoms with Crippen molar-refractivity contribution in [1.29, 1.82) is 0 Å². The van der Waals surface area contributed by atoms with Gasteiger partial charge in [0.15, 0.2) is 5.11 Å². The van der Waals surface area contributed by atoms with Crippen molar-refractivity contribution in [2.75, 3.05) is 5.32 Å². The van der Waals surface area contributed by atoms with Crippen LogP contribution >= 0.6 is 23.6 Å². The van der Waals surface area contributed by atoms with Crippen molar-refractivity contribution in [3.8, 4) is 0 Å². The number of nitrogens with two attached hydrogens (primary N) is 1.